The standard InChI is InChI=1S/C20H29N3O3/c1-15-8-9-19(26-15)16(2)23-20(21-11-10-17-7-5-13-24-17)22-14-18-6-3-4-12-25-18/h5,7-9,13,16,18H,3-4,6,10-12,14H2,1-2H3,(H2,21,22,23). The molecule has 6 heteroatoms. The van der Waals surface area contributed by atoms with Gasteiger partial charge >= 0.3 is 0 Å². The van der Waals surface area contributed by atoms with E-state index in [4.69, 9.17) is 18.6 Å². The molecule has 6 nitrogen and oxygen atoms in total. The molecule has 0 radical (unpaired) electrons. The van der Waals surface area contributed by atoms with Gasteiger partial charge in [-0.15, -0.1) is 0 Å². The predicted octanol–water partition coefficient (Wildman–Crippen LogP) is 3.59. The number of furan rings is 2. The average Bonchev–Trinajstić information content (AvgIpc) is 3.32. The van der Waals surface area contributed by atoms with Gasteiger partial charge in [0.1, 0.15) is 17.3 Å². The minimum absolute atomic E-state index is 0.0332. The van der Waals surface area contributed by atoms with Crippen LogP contribution in [0, 0.1) is 6.92 Å². The topological polar surface area (TPSA) is 71.9 Å². The van der Waals surface area contributed by atoms with Gasteiger partial charge < -0.3 is 24.2 Å². The minimum atomic E-state index is 0.0332. The van der Waals surface area contributed by atoms with E-state index >= 15 is 0 Å². The Morgan fingerprint density at radius 1 is 1.31 bits per heavy atom. The van der Waals surface area contributed by atoms with Gasteiger partial charge in [0, 0.05) is 19.6 Å². The number of nitrogens with one attached hydrogen (secondary N) is 2. The molecule has 0 spiro atoms. The highest BCUT2D eigenvalue weighted by atomic mass is 16.5. The molecule has 0 bridgehead atoms. The zero-order chi connectivity index (χ0) is 18.2. The summed E-state index contributed by atoms with van der Waals surface area (Å²) in [6.45, 7) is 6.28. The summed E-state index contributed by atoms with van der Waals surface area (Å²) < 4.78 is 16.9. The number of rotatable bonds is 7. The fourth-order valence-corrected chi connectivity index (χ4v) is 3.02. The summed E-state index contributed by atoms with van der Waals surface area (Å²) in [6, 6.07) is 7.90. The Balaban J connectivity index is 1.57. The van der Waals surface area contributed by atoms with Crippen molar-refractivity contribution in [1.29, 1.82) is 0 Å². The lowest BCUT2D eigenvalue weighted by Crippen LogP contribution is -2.40. The van der Waals surface area contributed by atoms with Crippen LogP contribution in [0.3, 0.4) is 0 Å². The summed E-state index contributed by atoms with van der Waals surface area (Å²) in [5, 5.41) is 6.81. The first kappa shape index (κ1) is 18.6. The van der Waals surface area contributed by atoms with E-state index in [2.05, 4.69) is 17.6 Å². The Morgan fingerprint density at radius 2 is 2.23 bits per heavy atom. The second kappa shape index (κ2) is 9.48. The van der Waals surface area contributed by atoms with Crippen molar-refractivity contribution in [3.63, 3.8) is 0 Å². The van der Waals surface area contributed by atoms with Crippen molar-refractivity contribution < 1.29 is 13.6 Å². The van der Waals surface area contributed by atoms with Crippen LogP contribution in [0.1, 0.15) is 49.5 Å². The van der Waals surface area contributed by atoms with Crippen molar-refractivity contribution >= 4 is 5.96 Å². The Bertz CT molecular complexity index is 672. The van der Waals surface area contributed by atoms with Crippen LogP contribution >= 0.6 is 0 Å². The lowest BCUT2D eigenvalue weighted by atomic mass is 10.1. The third kappa shape index (κ3) is 5.66. The van der Waals surface area contributed by atoms with Crippen LogP contribution in [0.25, 0.3) is 0 Å². The maximum atomic E-state index is 5.79. The normalized spacial score (nSPS) is 19.3. The summed E-state index contributed by atoms with van der Waals surface area (Å²) in [4.78, 5) is 4.74. The van der Waals surface area contributed by atoms with E-state index in [9.17, 15) is 0 Å². The number of hydrogen-bond acceptors (Lipinski definition) is 4. The number of ether oxygens (including phenoxy) is 1. The molecule has 2 aromatic heterocycles. The lowest BCUT2D eigenvalue weighted by molar-refractivity contribution is 0.0224. The smallest absolute Gasteiger partial charge is 0.191 e. The fourth-order valence-electron chi connectivity index (χ4n) is 3.02. The monoisotopic (exact) mass is 359 g/mol. The summed E-state index contributed by atoms with van der Waals surface area (Å²) in [7, 11) is 0. The van der Waals surface area contributed by atoms with Crippen LogP contribution in [0.5, 0.6) is 0 Å². The number of nitrogens with zero attached hydrogens (tertiary/aromatic N) is 1. The van der Waals surface area contributed by atoms with E-state index in [-0.39, 0.29) is 12.1 Å². The molecule has 1 saturated heterocycles. The highest BCUT2D eigenvalue weighted by Crippen LogP contribution is 2.16. The first-order valence-corrected chi connectivity index (χ1v) is 9.46. The van der Waals surface area contributed by atoms with Gasteiger partial charge in [0.2, 0.25) is 0 Å². The Kier molecular flexibility index (Phi) is 6.77. The van der Waals surface area contributed by atoms with Gasteiger partial charge in [0.25, 0.3) is 0 Å². The van der Waals surface area contributed by atoms with Gasteiger partial charge in [0.05, 0.1) is 25.0 Å². The van der Waals surface area contributed by atoms with Crippen molar-refractivity contribution in [2.24, 2.45) is 4.99 Å². The van der Waals surface area contributed by atoms with Crippen molar-refractivity contribution in [2.45, 2.75) is 51.7 Å². The van der Waals surface area contributed by atoms with E-state index in [1.165, 1.54) is 6.42 Å². The molecule has 2 atom stereocenters. The van der Waals surface area contributed by atoms with E-state index in [0.717, 1.165) is 55.7 Å². The molecule has 26 heavy (non-hydrogen) atoms. The molecule has 1 fully saturated rings. The summed E-state index contributed by atoms with van der Waals surface area (Å²) in [6.07, 6.45) is 6.18. The zero-order valence-electron chi connectivity index (χ0n) is 15.7. The van der Waals surface area contributed by atoms with Gasteiger partial charge in [-0.05, 0) is 57.4 Å². The molecule has 1 aliphatic heterocycles. The van der Waals surface area contributed by atoms with Gasteiger partial charge in [0.15, 0.2) is 5.96 Å². The molecule has 3 heterocycles. The molecule has 142 valence electrons. The molecule has 2 aromatic rings. The van der Waals surface area contributed by atoms with Gasteiger partial charge in [-0.2, -0.15) is 0 Å². The highest BCUT2D eigenvalue weighted by Gasteiger charge is 2.15. The summed E-state index contributed by atoms with van der Waals surface area (Å²) >= 11 is 0. The molecule has 2 N–H and O–H groups in total. The molecule has 0 aromatic carbocycles. The molecule has 1 aliphatic rings. The Hall–Kier alpha value is -2.21. The average molecular weight is 359 g/mol. The van der Waals surface area contributed by atoms with Gasteiger partial charge in [-0.3, -0.25) is 4.99 Å². The maximum Gasteiger partial charge on any atom is 0.191 e. The molecule has 0 saturated carbocycles. The van der Waals surface area contributed by atoms with E-state index < -0.39 is 0 Å². The molecular formula is C20H29N3O3. The molecule has 2 unspecified atom stereocenters. The van der Waals surface area contributed by atoms with Crippen LogP contribution in [-0.4, -0.2) is 31.8 Å². The van der Waals surface area contributed by atoms with Gasteiger partial charge in [-0.25, -0.2) is 0 Å². The van der Waals surface area contributed by atoms with Gasteiger partial charge in [-0.1, -0.05) is 0 Å². The minimum Gasteiger partial charge on any atom is -0.469 e. The third-order valence-electron chi connectivity index (χ3n) is 4.51. The molecular weight excluding hydrogens is 330 g/mol. The SMILES string of the molecule is Cc1ccc(C(C)NC(=NCC2CCCCO2)NCCc2ccco2)o1. The number of hydrogen-bond donors (Lipinski definition) is 2. The first-order valence-electron chi connectivity index (χ1n) is 9.46. The van der Waals surface area contributed by atoms with E-state index in [1.807, 2.05) is 31.2 Å². The molecule has 0 amide bonds. The van der Waals surface area contributed by atoms with Crippen LogP contribution in [0.15, 0.2) is 44.4 Å². The van der Waals surface area contributed by atoms with Crippen molar-refractivity contribution in [1.82, 2.24) is 10.6 Å². The Morgan fingerprint density at radius 3 is 2.92 bits per heavy atom. The number of aryl methyl sites for hydroxylation is 1. The van der Waals surface area contributed by atoms with Crippen molar-refractivity contribution in [2.75, 3.05) is 19.7 Å². The fraction of sp³-hybridized carbons (Fsp3) is 0.550. The van der Waals surface area contributed by atoms with Crippen molar-refractivity contribution in [3.8, 4) is 0 Å². The summed E-state index contributed by atoms with van der Waals surface area (Å²) in [5.41, 5.74) is 0. The second-order valence-electron chi connectivity index (χ2n) is 6.75. The van der Waals surface area contributed by atoms with Crippen molar-refractivity contribution in [3.05, 3.63) is 47.8 Å². The lowest BCUT2D eigenvalue weighted by Gasteiger charge is -2.22. The Labute approximate surface area is 155 Å². The van der Waals surface area contributed by atoms with Crippen LogP contribution in [0.2, 0.25) is 0 Å². The quantitative estimate of drug-likeness (QED) is 0.584. The highest BCUT2D eigenvalue weighted by molar-refractivity contribution is 5.80. The number of aliphatic imine (C=N–C) groups is 1. The zero-order valence-corrected chi connectivity index (χ0v) is 15.7. The molecule has 0 aliphatic carbocycles. The second-order valence-corrected chi connectivity index (χ2v) is 6.75. The predicted molar refractivity (Wildman–Crippen MR) is 101 cm³/mol. The maximum absolute atomic E-state index is 5.79. The first-order chi connectivity index (χ1) is 12.7. The molecule has 3 rings (SSSR count). The summed E-state index contributed by atoms with van der Waals surface area (Å²) in [5.74, 6) is 3.54. The largest absolute Gasteiger partial charge is 0.469 e. The van der Waals surface area contributed by atoms with Crippen LogP contribution < -0.4 is 10.6 Å². The van der Waals surface area contributed by atoms with E-state index in [1.54, 1.807) is 6.26 Å². The number of guanidine groups is 1. The van der Waals surface area contributed by atoms with E-state index in [0.29, 0.717) is 6.54 Å². The third-order valence-corrected chi connectivity index (χ3v) is 4.51. The van der Waals surface area contributed by atoms with Crippen LogP contribution in [-0.2, 0) is 11.2 Å². The van der Waals surface area contributed by atoms with Crippen LogP contribution in [0.4, 0.5) is 0 Å².